The van der Waals surface area contributed by atoms with Crippen molar-refractivity contribution in [2.24, 2.45) is 0 Å². The summed E-state index contributed by atoms with van der Waals surface area (Å²) in [6.45, 7) is 0. The van der Waals surface area contributed by atoms with E-state index < -0.39 is 7.82 Å². The summed E-state index contributed by atoms with van der Waals surface area (Å²) in [5.74, 6) is 0. The van der Waals surface area contributed by atoms with Gasteiger partial charge in [-0.1, -0.05) is 0 Å². The first-order chi connectivity index (χ1) is 2.56. The zero-order chi connectivity index (χ0) is 5.21. The minimum absolute atomic E-state index is 2.85. The third-order valence-corrected chi connectivity index (χ3v) is 0.761. The summed E-state index contributed by atoms with van der Waals surface area (Å²) in [4.78, 5) is 18.2. The molecular formula is ClO4P-2. The number of hydrogen-bond donors (Lipinski definition) is 0. The van der Waals surface area contributed by atoms with Crippen LogP contribution in [0.5, 0.6) is 0 Å². The summed E-state index contributed by atoms with van der Waals surface area (Å²) in [7, 11) is -4.88. The molecule has 4 nitrogen and oxygen atoms in total. The zero-order valence-corrected chi connectivity index (χ0v) is 4.11. The van der Waals surface area contributed by atoms with Gasteiger partial charge in [-0.25, -0.2) is 4.08 Å². The molecule has 0 amide bonds. The molecule has 0 saturated carbocycles. The highest BCUT2D eigenvalue weighted by molar-refractivity contribution is 7.44. The molecular weight excluding hydrogens is 130 g/mol. The van der Waals surface area contributed by atoms with Crippen molar-refractivity contribution in [1.29, 1.82) is 0 Å². The molecule has 0 rings (SSSR count). The van der Waals surface area contributed by atoms with E-state index in [1.54, 1.807) is 0 Å². The molecule has 0 atom stereocenters. The number of phosphoric acid groups is 1. The lowest BCUT2D eigenvalue weighted by molar-refractivity contribution is -0.333. The minimum Gasteiger partial charge on any atom is -0.789 e. The zero-order valence-electron chi connectivity index (χ0n) is 2.46. The average Bonchev–Trinajstić information content (AvgIpc) is 1.35. The second kappa shape index (κ2) is 1.91. The van der Waals surface area contributed by atoms with E-state index in [1.807, 2.05) is 0 Å². The summed E-state index contributed by atoms with van der Waals surface area (Å²) in [6, 6.07) is 0. The van der Waals surface area contributed by atoms with E-state index in [4.69, 9.17) is 14.4 Å². The fourth-order valence-corrected chi connectivity index (χ4v) is 0. The Labute approximate surface area is 39.1 Å². The lowest BCUT2D eigenvalue weighted by atomic mass is 15.8. The minimum atomic E-state index is -4.88. The Morgan fingerprint density at radius 3 is 1.83 bits per heavy atom. The van der Waals surface area contributed by atoms with Gasteiger partial charge in [0.1, 0.15) is 0 Å². The number of halogens is 1. The predicted molar refractivity (Wildman–Crippen MR) is 14.5 cm³/mol. The van der Waals surface area contributed by atoms with Gasteiger partial charge in [0.05, 0.1) is 19.7 Å². The molecule has 0 unspecified atom stereocenters. The van der Waals surface area contributed by atoms with Gasteiger partial charge in [-0.15, -0.1) is 0 Å². The Hall–Kier alpha value is 0.400. The molecule has 0 saturated heterocycles. The molecule has 0 aromatic rings. The van der Waals surface area contributed by atoms with E-state index in [0.717, 1.165) is 0 Å². The molecule has 6 heavy (non-hydrogen) atoms. The highest BCUT2D eigenvalue weighted by Crippen LogP contribution is 2.25. The van der Waals surface area contributed by atoms with Crippen LogP contribution in [0.15, 0.2) is 0 Å². The summed E-state index contributed by atoms with van der Waals surface area (Å²) in [5.41, 5.74) is 0. The topological polar surface area (TPSA) is 72.4 Å². The maximum Gasteiger partial charge on any atom is 0.0842 e. The van der Waals surface area contributed by atoms with Crippen LogP contribution in [0.2, 0.25) is 0 Å². The van der Waals surface area contributed by atoms with E-state index in [1.165, 1.54) is 0 Å². The maximum atomic E-state index is 9.12. The van der Waals surface area contributed by atoms with Crippen molar-refractivity contribution >= 4 is 19.7 Å². The second-order valence-corrected chi connectivity index (χ2v) is 1.96. The van der Waals surface area contributed by atoms with Gasteiger partial charge in [-0.2, -0.15) is 0 Å². The highest BCUT2D eigenvalue weighted by atomic mass is 35.5. The number of hydrogen-bond acceptors (Lipinski definition) is 4. The van der Waals surface area contributed by atoms with Crippen LogP contribution in [0.4, 0.5) is 0 Å². The van der Waals surface area contributed by atoms with Crippen molar-refractivity contribution in [2.75, 3.05) is 0 Å². The van der Waals surface area contributed by atoms with Gasteiger partial charge in [0, 0.05) is 0 Å². The molecule has 0 radical (unpaired) electrons. The lowest BCUT2D eigenvalue weighted by Crippen LogP contribution is -2.12. The van der Waals surface area contributed by atoms with Gasteiger partial charge in [0.2, 0.25) is 0 Å². The first kappa shape index (κ1) is 6.40. The van der Waals surface area contributed by atoms with Crippen LogP contribution in [0, 0.1) is 0 Å². The Bertz CT molecular complexity index is 71.6. The van der Waals surface area contributed by atoms with Crippen molar-refractivity contribution in [3.63, 3.8) is 0 Å². The van der Waals surface area contributed by atoms with Gasteiger partial charge in [-0.3, -0.25) is 0 Å². The van der Waals surface area contributed by atoms with Crippen LogP contribution >= 0.6 is 19.7 Å². The van der Waals surface area contributed by atoms with Crippen molar-refractivity contribution in [3.8, 4) is 0 Å². The molecule has 0 heterocycles. The van der Waals surface area contributed by atoms with E-state index in [0.29, 0.717) is 0 Å². The smallest absolute Gasteiger partial charge is 0.0842 e. The molecule has 0 fully saturated rings. The predicted octanol–water partition coefficient (Wildman–Crippen LogP) is -1.01. The van der Waals surface area contributed by atoms with Crippen LogP contribution in [0.25, 0.3) is 0 Å². The highest BCUT2D eigenvalue weighted by Gasteiger charge is 1.79. The van der Waals surface area contributed by atoms with Gasteiger partial charge < -0.3 is 14.4 Å². The third kappa shape index (κ3) is 4.40. The first-order valence-electron chi connectivity index (χ1n) is 0.885. The Balaban J connectivity index is 3.48. The molecule has 0 aliphatic heterocycles. The van der Waals surface area contributed by atoms with Gasteiger partial charge >= 0.3 is 0 Å². The van der Waals surface area contributed by atoms with Crippen molar-refractivity contribution in [1.82, 2.24) is 0 Å². The van der Waals surface area contributed by atoms with Gasteiger partial charge in [0.15, 0.2) is 0 Å². The van der Waals surface area contributed by atoms with Crippen LogP contribution in [-0.4, -0.2) is 0 Å². The van der Waals surface area contributed by atoms with Crippen LogP contribution in [0.1, 0.15) is 0 Å². The monoisotopic (exact) mass is 130 g/mol. The van der Waals surface area contributed by atoms with Crippen LogP contribution in [0.3, 0.4) is 0 Å². The van der Waals surface area contributed by atoms with Gasteiger partial charge in [0.25, 0.3) is 0 Å². The summed E-state index contributed by atoms with van der Waals surface area (Å²) in [6.07, 6.45) is 0. The van der Waals surface area contributed by atoms with Crippen LogP contribution in [-0.2, 0) is 8.64 Å². The molecule has 6 heteroatoms. The molecule has 0 aromatic heterocycles. The average molecular weight is 130 g/mol. The molecule has 0 aliphatic carbocycles. The van der Waals surface area contributed by atoms with Gasteiger partial charge in [-0.05, 0) is 0 Å². The molecule has 0 bridgehead atoms. The summed E-state index contributed by atoms with van der Waals surface area (Å²) in [5, 5.41) is 0. The fraction of sp³-hybridized carbons (Fsp3) is 0. The molecule has 38 valence electrons. The normalized spacial score (nSPS) is 11.8. The SMILES string of the molecule is O=P([O-])([O-])OCl. The summed E-state index contributed by atoms with van der Waals surface area (Å²) < 4.78 is 12.0. The Morgan fingerprint density at radius 1 is 1.67 bits per heavy atom. The Morgan fingerprint density at radius 2 is 1.83 bits per heavy atom. The quantitative estimate of drug-likeness (QED) is 0.426. The van der Waals surface area contributed by atoms with E-state index in [2.05, 4.69) is 15.9 Å². The van der Waals surface area contributed by atoms with E-state index in [9.17, 15) is 0 Å². The van der Waals surface area contributed by atoms with Crippen molar-refractivity contribution in [2.45, 2.75) is 0 Å². The molecule has 0 N–H and O–H groups in total. The van der Waals surface area contributed by atoms with E-state index >= 15 is 0 Å². The summed E-state index contributed by atoms with van der Waals surface area (Å²) >= 11 is 4.09. The fourth-order valence-electron chi connectivity index (χ4n) is 0. The van der Waals surface area contributed by atoms with Crippen LogP contribution < -0.4 is 9.79 Å². The first-order valence-corrected chi connectivity index (χ1v) is 2.65. The Kier molecular flexibility index (Phi) is 2.04. The molecule has 0 spiro atoms. The van der Waals surface area contributed by atoms with Crippen molar-refractivity contribution in [3.05, 3.63) is 0 Å². The second-order valence-electron chi connectivity index (χ2n) is 0.516. The third-order valence-electron chi connectivity index (χ3n) is 0.0845. The lowest BCUT2D eigenvalue weighted by Gasteiger charge is -2.22. The maximum absolute atomic E-state index is 9.12. The standard InChI is InChI=1S/ClH2O4P/c1-5-6(2,3)4/h(H2,2,3,4)/p-2. The molecule has 0 aliphatic rings. The van der Waals surface area contributed by atoms with Crippen molar-refractivity contribution < 1.29 is 18.4 Å². The molecule has 0 aromatic carbocycles. The largest absolute Gasteiger partial charge is 0.789 e. The number of rotatable bonds is 1. The van der Waals surface area contributed by atoms with E-state index in [-0.39, 0.29) is 0 Å².